The van der Waals surface area contributed by atoms with Gasteiger partial charge in [-0.25, -0.2) is 9.97 Å². The molecule has 0 saturated heterocycles. The quantitative estimate of drug-likeness (QED) is 0.177. The van der Waals surface area contributed by atoms with Crippen molar-refractivity contribution >= 4 is 38.9 Å². The van der Waals surface area contributed by atoms with E-state index in [1.165, 1.54) is 38.5 Å². The molecule has 56 heavy (non-hydrogen) atoms. The normalized spacial score (nSPS) is 14.4. The molecule has 6 aromatic carbocycles. The number of fused-ring (bicyclic) bond motifs is 9. The van der Waals surface area contributed by atoms with Gasteiger partial charge in [-0.1, -0.05) is 119 Å². The van der Waals surface area contributed by atoms with Crippen LogP contribution in [0.1, 0.15) is 50.2 Å². The summed E-state index contributed by atoms with van der Waals surface area (Å²) in [5, 5.41) is 2.53. The second kappa shape index (κ2) is 11.8. The van der Waals surface area contributed by atoms with E-state index in [1.54, 1.807) is 0 Å². The van der Waals surface area contributed by atoms with E-state index in [2.05, 4.69) is 183 Å². The highest BCUT2D eigenvalue weighted by molar-refractivity contribution is 6.09. The van der Waals surface area contributed by atoms with Crippen LogP contribution in [0.5, 0.6) is 0 Å². The molecule has 5 nitrogen and oxygen atoms in total. The molecule has 0 unspecified atom stereocenters. The average molecular weight is 722 g/mol. The van der Waals surface area contributed by atoms with Gasteiger partial charge in [0.15, 0.2) is 0 Å². The van der Waals surface area contributed by atoms with Crippen LogP contribution in [0.15, 0.2) is 164 Å². The number of benzene rings is 6. The number of para-hydroxylation sites is 4. The number of pyridine rings is 1. The molecule has 0 aliphatic heterocycles. The number of aromatic nitrogens is 4. The van der Waals surface area contributed by atoms with Gasteiger partial charge in [0, 0.05) is 55.4 Å². The maximum atomic E-state index is 5.53. The third-order valence-electron chi connectivity index (χ3n) is 12.1. The van der Waals surface area contributed by atoms with Gasteiger partial charge in [-0.05, 0) is 77.9 Å². The number of anilines is 3. The van der Waals surface area contributed by atoms with Crippen molar-refractivity contribution in [2.24, 2.45) is 0 Å². The van der Waals surface area contributed by atoms with Gasteiger partial charge in [-0.3, -0.25) is 4.98 Å². The van der Waals surface area contributed by atoms with Crippen molar-refractivity contribution < 1.29 is 0 Å². The van der Waals surface area contributed by atoms with Gasteiger partial charge in [0.25, 0.3) is 0 Å². The third kappa shape index (κ3) is 4.64. The van der Waals surface area contributed by atoms with E-state index in [0.717, 1.165) is 62.3 Å². The van der Waals surface area contributed by atoms with Crippen LogP contribution in [-0.2, 0) is 10.8 Å². The highest BCUT2D eigenvalue weighted by Crippen LogP contribution is 2.54. The van der Waals surface area contributed by atoms with Crippen molar-refractivity contribution in [1.82, 2.24) is 19.5 Å². The van der Waals surface area contributed by atoms with Crippen LogP contribution >= 0.6 is 0 Å². The summed E-state index contributed by atoms with van der Waals surface area (Å²) in [5.74, 6) is 0. The molecule has 3 heterocycles. The highest BCUT2D eigenvalue weighted by Gasteiger charge is 2.44. The third-order valence-corrected chi connectivity index (χ3v) is 12.1. The van der Waals surface area contributed by atoms with Gasteiger partial charge in [-0.2, -0.15) is 0 Å². The van der Waals surface area contributed by atoms with Crippen LogP contribution in [0.3, 0.4) is 0 Å². The fourth-order valence-corrected chi connectivity index (χ4v) is 9.25. The first-order valence-corrected chi connectivity index (χ1v) is 19.4. The van der Waals surface area contributed by atoms with E-state index in [4.69, 9.17) is 15.0 Å². The lowest BCUT2D eigenvalue weighted by Crippen LogP contribution is -2.20. The molecular weight excluding hydrogens is 683 g/mol. The number of nitrogens with zero attached hydrogens (tertiary/aromatic N) is 5. The van der Waals surface area contributed by atoms with Gasteiger partial charge >= 0.3 is 0 Å². The summed E-state index contributed by atoms with van der Waals surface area (Å²) in [6.07, 6.45) is 1.97. The molecule has 268 valence electrons. The van der Waals surface area contributed by atoms with E-state index in [9.17, 15) is 0 Å². The van der Waals surface area contributed by atoms with Crippen molar-refractivity contribution in [1.29, 1.82) is 0 Å². The average Bonchev–Trinajstić information content (AvgIpc) is 3.77. The Morgan fingerprint density at radius 3 is 1.55 bits per heavy atom. The van der Waals surface area contributed by atoms with Crippen LogP contribution < -0.4 is 4.90 Å². The Kier molecular flexibility index (Phi) is 6.88. The van der Waals surface area contributed by atoms with E-state index >= 15 is 0 Å². The van der Waals surface area contributed by atoms with Gasteiger partial charge in [0.1, 0.15) is 0 Å². The summed E-state index contributed by atoms with van der Waals surface area (Å²) in [4.78, 5) is 18.3. The summed E-state index contributed by atoms with van der Waals surface area (Å²) < 4.78 is 2.40. The van der Waals surface area contributed by atoms with E-state index in [1.807, 2.05) is 18.3 Å². The molecule has 2 aliphatic carbocycles. The molecule has 9 aromatic rings. The standard InChI is InChI=1S/C51H39N5/c1-50(2)41-29-32(43-28-25-36(31-52-43)55(33-15-7-5-8-16-33)34-17-9-6-10-18-34)23-26-39(41)46-48(50)54-47-40-27-24-35(30-42(40)51(3,4)49(47)53-46)56-44-21-13-11-19-37(44)38-20-12-14-22-45(38)56/h5-31H,1-4H3. The Balaban J connectivity index is 0.962. The predicted octanol–water partition coefficient (Wildman–Crippen LogP) is 12.7. The maximum absolute atomic E-state index is 5.53. The summed E-state index contributed by atoms with van der Waals surface area (Å²) in [6, 6.07) is 56.1. The SMILES string of the molecule is CC1(C)c2cc(-c3ccc(N(c4ccccc4)c4ccccc4)cn3)ccc2-c2nc3c(nc21)-c1ccc(-n2c4ccccc4c4ccccc42)cc1C3(C)C. The summed E-state index contributed by atoms with van der Waals surface area (Å²) in [5.41, 5.74) is 17.0. The molecule has 0 amide bonds. The van der Waals surface area contributed by atoms with Crippen LogP contribution in [0, 0.1) is 0 Å². The van der Waals surface area contributed by atoms with Crippen LogP contribution in [0.2, 0.25) is 0 Å². The molecule has 0 atom stereocenters. The Labute approximate surface area is 326 Å². The largest absolute Gasteiger partial charge is 0.309 e. The van der Waals surface area contributed by atoms with Gasteiger partial charge in [-0.15, -0.1) is 0 Å². The summed E-state index contributed by atoms with van der Waals surface area (Å²) in [6.45, 7) is 9.15. The van der Waals surface area contributed by atoms with Gasteiger partial charge in [0.2, 0.25) is 0 Å². The molecule has 2 aliphatic rings. The first-order valence-electron chi connectivity index (χ1n) is 19.4. The zero-order valence-electron chi connectivity index (χ0n) is 31.8. The fourth-order valence-electron chi connectivity index (χ4n) is 9.25. The molecule has 0 fully saturated rings. The minimum Gasteiger partial charge on any atom is -0.309 e. The molecule has 0 radical (unpaired) electrons. The van der Waals surface area contributed by atoms with Crippen molar-refractivity contribution in [3.8, 4) is 39.5 Å². The lowest BCUT2D eigenvalue weighted by atomic mass is 9.84. The molecule has 5 heteroatoms. The molecule has 0 bridgehead atoms. The Morgan fingerprint density at radius 1 is 0.482 bits per heavy atom. The second-order valence-corrected chi connectivity index (χ2v) is 16.1. The van der Waals surface area contributed by atoms with E-state index in [0.29, 0.717) is 0 Å². The molecule has 0 saturated carbocycles. The monoisotopic (exact) mass is 721 g/mol. The Bertz CT molecular complexity index is 2920. The van der Waals surface area contributed by atoms with Crippen molar-refractivity contribution in [3.05, 3.63) is 186 Å². The molecule has 0 spiro atoms. The minimum absolute atomic E-state index is 0.326. The fraction of sp³-hybridized carbons (Fsp3) is 0.118. The van der Waals surface area contributed by atoms with Crippen LogP contribution in [0.4, 0.5) is 17.1 Å². The number of rotatable bonds is 5. The Morgan fingerprint density at radius 2 is 1.00 bits per heavy atom. The van der Waals surface area contributed by atoms with E-state index in [-0.39, 0.29) is 10.8 Å². The minimum atomic E-state index is -0.337. The molecule has 11 rings (SSSR count). The van der Waals surface area contributed by atoms with Crippen LogP contribution in [-0.4, -0.2) is 19.5 Å². The highest BCUT2D eigenvalue weighted by atomic mass is 15.1. The maximum Gasteiger partial charge on any atom is 0.0933 e. The number of hydrogen-bond donors (Lipinski definition) is 0. The zero-order chi connectivity index (χ0) is 37.8. The lowest BCUT2D eigenvalue weighted by molar-refractivity contribution is 0.617. The topological polar surface area (TPSA) is 46.8 Å². The number of hydrogen-bond acceptors (Lipinski definition) is 4. The summed E-state index contributed by atoms with van der Waals surface area (Å²) >= 11 is 0. The van der Waals surface area contributed by atoms with Crippen molar-refractivity contribution in [2.75, 3.05) is 4.90 Å². The molecular formula is C51H39N5. The van der Waals surface area contributed by atoms with Crippen LogP contribution in [0.25, 0.3) is 61.3 Å². The van der Waals surface area contributed by atoms with E-state index < -0.39 is 0 Å². The van der Waals surface area contributed by atoms with Crippen molar-refractivity contribution in [2.45, 2.75) is 38.5 Å². The first-order chi connectivity index (χ1) is 27.3. The lowest BCUT2D eigenvalue weighted by Gasteiger charge is -2.25. The molecule has 3 aromatic heterocycles. The predicted molar refractivity (Wildman–Crippen MR) is 229 cm³/mol. The first kappa shape index (κ1) is 32.6. The second-order valence-electron chi connectivity index (χ2n) is 16.1. The smallest absolute Gasteiger partial charge is 0.0933 e. The zero-order valence-corrected chi connectivity index (χ0v) is 31.8. The molecule has 0 N–H and O–H groups in total. The van der Waals surface area contributed by atoms with Crippen molar-refractivity contribution in [3.63, 3.8) is 0 Å². The van der Waals surface area contributed by atoms with Gasteiger partial charge in [0.05, 0.1) is 51.4 Å². The van der Waals surface area contributed by atoms with Gasteiger partial charge < -0.3 is 9.47 Å². The Hall–Kier alpha value is -6.85. The summed E-state index contributed by atoms with van der Waals surface area (Å²) in [7, 11) is 0.